The number of rotatable bonds is 5. The van der Waals surface area contributed by atoms with Crippen LogP contribution in [0.25, 0.3) is 0 Å². The van der Waals surface area contributed by atoms with Gasteiger partial charge in [0.2, 0.25) is 0 Å². The molecule has 0 saturated carbocycles. The van der Waals surface area contributed by atoms with Crippen molar-refractivity contribution < 1.29 is 18.8 Å². The molecule has 9 heteroatoms. The first-order chi connectivity index (χ1) is 15.9. The van der Waals surface area contributed by atoms with Crippen molar-refractivity contribution in [2.75, 3.05) is 18.4 Å². The van der Waals surface area contributed by atoms with Crippen LogP contribution in [0.2, 0.25) is 5.02 Å². The highest BCUT2D eigenvalue weighted by atomic mass is 35.5. The third kappa shape index (κ3) is 5.58. The molecule has 0 unspecified atom stereocenters. The Morgan fingerprint density at radius 3 is 2.33 bits per heavy atom. The second-order valence-corrected chi connectivity index (χ2v) is 9.03. The first-order valence-electron chi connectivity index (χ1n) is 10.4. The monoisotopic (exact) mass is 485 g/mol. The van der Waals surface area contributed by atoms with E-state index in [1.807, 2.05) is 5.38 Å². The summed E-state index contributed by atoms with van der Waals surface area (Å²) in [4.78, 5) is 40.0. The van der Waals surface area contributed by atoms with Gasteiger partial charge in [0, 0.05) is 30.3 Å². The Morgan fingerprint density at radius 1 is 0.970 bits per heavy atom. The molecule has 2 N–H and O–H groups in total. The molecule has 0 aliphatic carbocycles. The lowest BCUT2D eigenvalue weighted by molar-refractivity contribution is 0.0697. The van der Waals surface area contributed by atoms with Gasteiger partial charge in [-0.2, -0.15) is 0 Å². The van der Waals surface area contributed by atoms with Gasteiger partial charge in [-0.3, -0.25) is 14.4 Å². The molecule has 0 radical (unpaired) electrons. The zero-order valence-electron chi connectivity index (χ0n) is 17.5. The van der Waals surface area contributed by atoms with Gasteiger partial charge in [-0.25, -0.2) is 4.39 Å². The van der Waals surface area contributed by atoms with E-state index in [1.165, 1.54) is 35.6 Å². The van der Waals surface area contributed by atoms with Gasteiger partial charge in [0.15, 0.2) is 0 Å². The van der Waals surface area contributed by atoms with E-state index in [9.17, 15) is 18.8 Å². The van der Waals surface area contributed by atoms with E-state index in [4.69, 9.17) is 11.6 Å². The highest BCUT2D eigenvalue weighted by Crippen LogP contribution is 2.26. The number of carbonyl (C=O) groups excluding carboxylic acids is 3. The number of hydrogen-bond donors (Lipinski definition) is 2. The van der Waals surface area contributed by atoms with Gasteiger partial charge in [-0.15, -0.1) is 11.3 Å². The minimum atomic E-state index is -0.394. The number of benzene rings is 2. The Labute approximate surface area is 199 Å². The lowest BCUT2D eigenvalue weighted by Gasteiger charge is -2.32. The first kappa shape index (κ1) is 22.9. The lowest BCUT2D eigenvalue weighted by atomic mass is 10.0. The van der Waals surface area contributed by atoms with E-state index in [1.54, 1.807) is 35.2 Å². The van der Waals surface area contributed by atoms with E-state index in [0.717, 1.165) is 0 Å². The number of hydrogen-bond acceptors (Lipinski definition) is 4. The van der Waals surface area contributed by atoms with Crippen molar-refractivity contribution >= 4 is 46.3 Å². The highest BCUT2D eigenvalue weighted by molar-refractivity contribution is 7.12. The smallest absolute Gasteiger partial charge is 0.265 e. The third-order valence-electron chi connectivity index (χ3n) is 5.43. The average molecular weight is 486 g/mol. The van der Waals surface area contributed by atoms with Gasteiger partial charge < -0.3 is 15.5 Å². The predicted octanol–water partition coefficient (Wildman–Crippen LogP) is 4.83. The van der Waals surface area contributed by atoms with Crippen molar-refractivity contribution in [3.63, 3.8) is 0 Å². The molecule has 1 fully saturated rings. The number of amides is 3. The Bertz CT molecular complexity index is 1160. The molecule has 3 amide bonds. The zero-order chi connectivity index (χ0) is 23.4. The Hall–Kier alpha value is -3.23. The SMILES string of the molecule is O=C(NC1CCN(C(=O)c2ccc(Cl)c(NC(=O)c3cccs3)c2)CC1)c1ccc(F)cc1. The highest BCUT2D eigenvalue weighted by Gasteiger charge is 2.25. The maximum absolute atomic E-state index is 13.0. The van der Waals surface area contributed by atoms with Crippen molar-refractivity contribution in [2.45, 2.75) is 18.9 Å². The number of thiophene rings is 1. The molecule has 1 aromatic heterocycles. The van der Waals surface area contributed by atoms with Crippen LogP contribution in [0.4, 0.5) is 10.1 Å². The van der Waals surface area contributed by atoms with Gasteiger partial charge in [-0.05, 0) is 66.8 Å². The fourth-order valence-corrected chi connectivity index (χ4v) is 4.41. The van der Waals surface area contributed by atoms with Crippen LogP contribution in [0.15, 0.2) is 60.0 Å². The number of likely N-dealkylation sites (tertiary alicyclic amines) is 1. The van der Waals surface area contributed by atoms with E-state index < -0.39 is 5.82 Å². The molecule has 33 heavy (non-hydrogen) atoms. The molecule has 2 aromatic carbocycles. The summed E-state index contributed by atoms with van der Waals surface area (Å²) >= 11 is 7.54. The summed E-state index contributed by atoms with van der Waals surface area (Å²) in [7, 11) is 0. The van der Waals surface area contributed by atoms with Crippen molar-refractivity contribution in [3.8, 4) is 0 Å². The van der Waals surface area contributed by atoms with Gasteiger partial charge in [0.1, 0.15) is 5.82 Å². The van der Waals surface area contributed by atoms with E-state index >= 15 is 0 Å². The quantitative estimate of drug-likeness (QED) is 0.543. The summed E-state index contributed by atoms with van der Waals surface area (Å²) in [5.41, 5.74) is 1.20. The summed E-state index contributed by atoms with van der Waals surface area (Å²) in [6, 6.07) is 13.6. The Kier molecular flexibility index (Phi) is 7.05. The van der Waals surface area contributed by atoms with Crippen molar-refractivity contribution in [1.82, 2.24) is 10.2 Å². The summed E-state index contributed by atoms with van der Waals surface area (Å²) in [6.45, 7) is 0.958. The maximum atomic E-state index is 13.0. The van der Waals surface area contributed by atoms with Crippen molar-refractivity contribution in [1.29, 1.82) is 0 Å². The van der Waals surface area contributed by atoms with Crippen LogP contribution in [0.1, 0.15) is 43.2 Å². The maximum Gasteiger partial charge on any atom is 0.265 e. The molecule has 1 saturated heterocycles. The van der Waals surface area contributed by atoms with Crippen LogP contribution in [-0.4, -0.2) is 41.8 Å². The van der Waals surface area contributed by atoms with Gasteiger partial charge >= 0.3 is 0 Å². The minimum absolute atomic E-state index is 0.0718. The summed E-state index contributed by atoms with van der Waals surface area (Å²) in [5.74, 6) is -1.10. The number of anilines is 1. The molecule has 4 rings (SSSR count). The van der Waals surface area contributed by atoms with Gasteiger partial charge in [0.25, 0.3) is 17.7 Å². The Morgan fingerprint density at radius 2 is 1.67 bits per heavy atom. The number of carbonyl (C=O) groups is 3. The van der Waals surface area contributed by atoms with Crippen LogP contribution < -0.4 is 10.6 Å². The first-order valence-corrected chi connectivity index (χ1v) is 11.7. The molecule has 1 aliphatic heterocycles. The van der Waals surface area contributed by atoms with Crippen LogP contribution >= 0.6 is 22.9 Å². The summed E-state index contributed by atoms with van der Waals surface area (Å²) in [6.07, 6.45) is 1.21. The Balaban J connectivity index is 1.35. The predicted molar refractivity (Wildman–Crippen MR) is 127 cm³/mol. The standard InChI is InChI=1S/C24H21ClFN3O3S/c25-19-8-5-16(14-20(19)28-23(31)21-2-1-13-33-21)24(32)29-11-9-18(10-12-29)27-22(30)15-3-6-17(26)7-4-15/h1-8,13-14,18H,9-12H2,(H,27,30)(H,28,31). The fourth-order valence-electron chi connectivity index (χ4n) is 3.63. The van der Waals surface area contributed by atoms with E-state index in [-0.39, 0.29) is 23.8 Å². The normalized spacial score (nSPS) is 14.1. The van der Waals surface area contributed by atoms with Crippen LogP contribution in [-0.2, 0) is 0 Å². The average Bonchev–Trinajstić information content (AvgIpc) is 3.36. The van der Waals surface area contributed by atoms with Gasteiger partial charge in [0.05, 0.1) is 15.6 Å². The largest absolute Gasteiger partial charge is 0.349 e. The summed E-state index contributed by atoms with van der Waals surface area (Å²) < 4.78 is 13.0. The van der Waals surface area contributed by atoms with Gasteiger partial charge in [-0.1, -0.05) is 17.7 Å². The molecule has 6 nitrogen and oxygen atoms in total. The third-order valence-corrected chi connectivity index (χ3v) is 6.63. The second kappa shape index (κ2) is 10.1. The van der Waals surface area contributed by atoms with E-state index in [2.05, 4.69) is 10.6 Å². The molecule has 1 aliphatic rings. The molecule has 0 spiro atoms. The topological polar surface area (TPSA) is 78.5 Å². The molecule has 0 atom stereocenters. The molecule has 3 aromatic rings. The number of piperidine rings is 1. The number of halogens is 2. The minimum Gasteiger partial charge on any atom is -0.349 e. The number of nitrogens with zero attached hydrogens (tertiary/aromatic N) is 1. The molecular formula is C24H21ClFN3O3S. The molecular weight excluding hydrogens is 465 g/mol. The zero-order valence-corrected chi connectivity index (χ0v) is 19.1. The van der Waals surface area contributed by atoms with Crippen molar-refractivity contribution in [2.24, 2.45) is 0 Å². The lowest BCUT2D eigenvalue weighted by Crippen LogP contribution is -2.46. The fraction of sp³-hybridized carbons (Fsp3) is 0.208. The number of nitrogens with one attached hydrogen (secondary N) is 2. The molecule has 170 valence electrons. The van der Waals surface area contributed by atoms with Crippen LogP contribution in [0.3, 0.4) is 0 Å². The summed E-state index contributed by atoms with van der Waals surface area (Å²) in [5, 5.41) is 7.85. The molecule has 2 heterocycles. The molecule has 0 bridgehead atoms. The van der Waals surface area contributed by atoms with Crippen molar-refractivity contribution in [3.05, 3.63) is 86.8 Å². The van der Waals surface area contributed by atoms with Crippen LogP contribution in [0.5, 0.6) is 0 Å². The van der Waals surface area contributed by atoms with E-state index in [0.29, 0.717) is 52.6 Å². The van der Waals surface area contributed by atoms with Crippen LogP contribution in [0, 0.1) is 5.82 Å². The second-order valence-electron chi connectivity index (χ2n) is 7.67.